The highest BCUT2D eigenvalue weighted by Crippen LogP contribution is 2.22. The lowest BCUT2D eigenvalue weighted by Gasteiger charge is -2.11. The molecule has 148 valence electrons. The van der Waals surface area contributed by atoms with Gasteiger partial charge in [0, 0.05) is 16.9 Å². The number of carbonyl (C=O) groups is 2. The van der Waals surface area contributed by atoms with E-state index in [0.29, 0.717) is 34.9 Å². The van der Waals surface area contributed by atoms with Gasteiger partial charge in [0.2, 0.25) is 0 Å². The molecule has 0 fully saturated rings. The topological polar surface area (TPSA) is 67.4 Å². The highest BCUT2D eigenvalue weighted by molar-refractivity contribution is 6.31. The van der Waals surface area contributed by atoms with Crippen molar-refractivity contribution in [3.05, 3.63) is 88.7 Å². The summed E-state index contributed by atoms with van der Waals surface area (Å²) in [5.41, 5.74) is 1.53. The van der Waals surface area contributed by atoms with Crippen molar-refractivity contribution in [2.45, 2.75) is 6.92 Å². The van der Waals surface area contributed by atoms with Crippen LogP contribution in [0.3, 0.4) is 0 Å². The first-order valence-electron chi connectivity index (χ1n) is 8.87. The number of nitrogens with one attached hydrogen (secondary N) is 2. The fourth-order valence-electron chi connectivity index (χ4n) is 2.65. The second-order valence-corrected chi connectivity index (χ2v) is 6.45. The Hall–Kier alpha value is -3.38. The van der Waals surface area contributed by atoms with E-state index in [-0.39, 0.29) is 10.9 Å². The Morgan fingerprint density at radius 1 is 0.931 bits per heavy atom. The van der Waals surface area contributed by atoms with Gasteiger partial charge in [-0.25, -0.2) is 4.39 Å². The molecule has 2 amide bonds. The highest BCUT2D eigenvalue weighted by Gasteiger charge is 2.14. The molecule has 3 aromatic rings. The summed E-state index contributed by atoms with van der Waals surface area (Å²) >= 11 is 5.74. The maximum atomic E-state index is 13.3. The number of carbonyl (C=O) groups excluding carboxylic acids is 2. The molecular weight excluding hydrogens is 395 g/mol. The zero-order chi connectivity index (χ0) is 20.8. The molecule has 0 aromatic heterocycles. The normalized spacial score (nSPS) is 10.3. The first-order chi connectivity index (χ1) is 14.0. The standard InChI is InChI=1S/C22H18ClFN2O3/c1-2-29-20-9-4-3-8-17(20)22(28)26-15-7-5-6-14(12-15)21(27)25-16-10-11-19(24)18(23)13-16/h3-13H,2H2,1H3,(H,25,27)(H,26,28). The molecule has 3 aromatic carbocycles. The molecule has 3 rings (SSSR count). The van der Waals surface area contributed by atoms with E-state index in [0.717, 1.165) is 0 Å². The van der Waals surface area contributed by atoms with E-state index in [9.17, 15) is 14.0 Å². The van der Waals surface area contributed by atoms with Gasteiger partial charge in [0.1, 0.15) is 11.6 Å². The maximum Gasteiger partial charge on any atom is 0.259 e. The van der Waals surface area contributed by atoms with Crippen LogP contribution < -0.4 is 15.4 Å². The summed E-state index contributed by atoms with van der Waals surface area (Å²) in [7, 11) is 0. The largest absolute Gasteiger partial charge is 0.493 e. The molecule has 0 saturated heterocycles. The lowest BCUT2D eigenvalue weighted by atomic mass is 10.1. The van der Waals surface area contributed by atoms with Crippen molar-refractivity contribution >= 4 is 34.8 Å². The van der Waals surface area contributed by atoms with Gasteiger partial charge in [-0.05, 0) is 55.5 Å². The minimum Gasteiger partial charge on any atom is -0.493 e. The van der Waals surface area contributed by atoms with E-state index >= 15 is 0 Å². The Labute approximate surface area is 172 Å². The average Bonchev–Trinajstić information content (AvgIpc) is 2.71. The Morgan fingerprint density at radius 3 is 2.41 bits per heavy atom. The second kappa shape index (κ2) is 9.21. The predicted octanol–water partition coefficient (Wildman–Crippen LogP) is 5.38. The number of hydrogen-bond acceptors (Lipinski definition) is 3. The molecule has 0 unspecified atom stereocenters. The van der Waals surface area contributed by atoms with Crippen molar-refractivity contribution in [3.63, 3.8) is 0 Å². The third-order valence-electron chi connectivity index (χ3n) is 3.99. The molecule has 0 bridgehead atoms. The van der Waals surface area contributed by atoms with E-state index in [1.54, 1.807) is 48.5 Å². The van der Waals surface area contributed by atoms with Gasteiger partial charge < -0.3 is 15.4 Å². The number of benzene rings is 3. The number of rotatable bonds is 6. The van der Waals surface area contributed by atoms with E-state index in [1.165, 1.54) is 18.2 Å². The summed E-state index contributed by atoms with van der Waals surface area (Å²) in [6, 6.07) is 17.3. The molecule has 0 spiro atoms. The molecule has 0 aliphatic heterocycles. The van der Waals surface area contributed by atoms with Crippen molar-refractivity contribution in [3.8, 4) is 5.75 Å². The Kier molecular flexibility index (Phi) is 6.46. The molecule has 7 heteroatoms. The minimum absolute atomic E-state index is 0.0863. The summed E-state index contributed by atoms with van der Waals surface area (Å²) in [5, 5.41) is 5.32. The quantitative estimate of drug-likeness (QED) is 0.571. The molecular formula is C22H18ClFN2O3. The van der Waals surface area contributed by atoms with Crippen LogP contribution in [0.4, 0.5) is 15.8 Å². The van der Waals surface area contributed by atoms with Crippen LogP contribution in [0.5, 0.6) is 5.75 Å². The predicted molar refractivity (Wildman–Crippen MR) is 111 cm³/mol. The van der Waals surface area contributed by atoms with Crippen LogP contribution in [-0.4, -0.2) is 18.4 Å². The van der Waals surface area contributed by atoms with Gasteiger partial charge in [0.25, 0.3) is 11.8 Å². The molecule has 0 aliphatic rings. The van der Waals surface area contributed by atoms with Gasteiger partial charge in [0.15, 0.2) is 0 Å². The Morgan fingerprint density at radius 2 is 1.66 bits per heavy atom. The van der Waals surface area contributed by atoms with E-state index < -0.39 is 11.7 Å². The highest BCUT2D eigenvalue weighted by atomic mass is 35.5. The van der Waals surface area contributed by atoms with Gasteiger partial charge in [-0.3, -0.25) is 9.59 Å². The van der Waals surface area contributed by atoms with Crippen LogP contribution in [0.15, 0.2) is 66.7 Å². The van der Waals surface area contributed by atoms with Gasteiger partial charge in [0.05, 0.1) is 17.2 Å². The number of amides is 2. The van der Waals surface area contributed by atoms with E-state index in [2.05, 4.69) is 10.6 Å². The number of hydrogen-bond donors (Lipinski definition) is 2. The number of halogens is 2. The first-order valence-corrected chi connectivity index (χ1v) is 9.25. The summed E-state index contributed by atoms with van der Waals surface area (Å²) in [6.45, 7) is 2.28. The zero-order valence-corrected chi connectivity index (χ0v) is 16.3. The summed E-state index contributed by atoms with van der Waals surface area (Å²) in [6.07, 6.45) is 0. The third-order valence-corrected chi connectivity index (χ3v) is 4.28. The molecule has 2 N–H and O–H groups in total. The Balaban J connectivity index is 1.74. The van der Waals surface area contributed by atoms with Crippen LogP contribution in [0.25, 0.3) is 0 Å². The SMILES string of the molecule is CCOc1ccccc1C(=O)Nc1cccc(C(=O)Nc2ccc(F)c(Cl)c2)c1. The molecule has 0 atom stereocenters. The molecule has 29 heavy (non-hydrogen) atoms. The summed E-state index contributed by atoms with van der Waals surface area (Å²) in [4.78, 5) is 25.1. The smallest absolute Gasteiger partial charge is 0.259 e. The van der Waals surface area contributed by atoms with Gasteiger partial charge in [-0.1, -0.05) is 29.8 Å². The maximum absolute atomic E-state index is 13.3. The number of ether oxygens (including phenoxy) is 1. The fraction of sp³-hybridized carbons (Fsp3) is 0.0909. The molecule has 0 heterocycles. The van der Waals surface area contributed by atoms with E-state index in [1.807, 2.05) is 6.92 Å². The monoisotopic (exact) mass is 412 g/mol. The second-order valence-electron chi connectivity index (χ2n) is 6.05. The van der Waals surface area contributed by atoms with Gasteiger partial charge >= 0.3 is 0 Å². The minimum atomic E-state index is -0.568. The van der Waals surface area contributed by atoms with Crippen molar-refractivity contribution in [2.24, 2.45) is 0 Å². The van der Waals surface area contributed by atoms with Crippen LogP contribution >= 0.6 is 11.6 Å². The van der Waals surface area contributed by atoms with E-state index in [4.69, 9.17) is 16.3 Å². The number of para-hydroxylation sites is 1. The molecule has 5 nitrogen and oxygen atoms in total. The van der Waals surface area contributed by atoms with Crippen molar-refractivity contribution in [2.75, 3.05) is 17.2 Å². The van der Waals surface area contributed by atoms with Gasteiger partial charge in [-0.2, -0.15) is 0 Å². The zero-order valence-electron chi connectivity index (χ0n) is 15.5. The Bertz CT molecular complexity index is 1060. The van der Waals surface area contributed by atoms with Crippen molar-refractivity contribution in [1.29, 1.82) is 0 Å². The molecule has 0 radical (unpaired) electrons. The summed E-state index contributed by atoms with van der Waals surface area (Å²) in [5.74, 6) is -0.855. The number of anilines is 2. The lowest BCUT2D eigenvalue weighted by Crippen LogP contribution is -2.15. The van der Waals surface area contributed by atoms with Crippen LogP contribution in [-0.2, 0) is 0 Å². The lowest BCUT2D eigenvalue weighted by molar-refractivity contribution is 0.101. The van der Waals surface area contributed by atoms with Crippen LogP contribution in [0.1, 0.15) is 27.6 Å². The molecule has 0 aliphatic carbocycles. The third kappa shape index (κ3) is 5.12. The first kappa shape index (κ1) is 20.4. The fourth-order valence-corrected chi connectivity index (χ4v) is 2.83. The van der Waals surface area contributed by atoms with Gasteiger partial charge in [-0.15, -0.1) is 0 Å². The molecule has 0 saturated carbocycles. The van der Waals surface area contributed by atoms with Crippen molar-refractivity contribution < 1.29 is 18.7 Å². The summed E-state index contributed by atoms with van der Waals surface area (Å²) < 4.78 is 18.7. The average molecular weight is 413 g/mol. The van der Waals surface area contributed by atoms with Crippen molar-refractivity contribution in [1.82, 2.24) is 0 Å². The van der Waals surface area contributed by atoms with Crippen LogP contribution in [0, 0.1) is 5.82 Å². The van der Waals surface area contributed by atoms with Crippen LogP contribution in [0.2, 0.25) is 5.02 Å².